The number of hydrogen-bond acceptors (Lipinski definition) is 28. The minimum absolute atomic E-state index is 0.00566. The third-order valence-corrected chi connectivity index (χ3v) is 29.4. The van der Waals surface area contributed by atoms with Gasteiger partial charge >= 0.3 is 48.1 Å². The number of aliphatic carboxylic acids is 1. The molecule has 6 aromatic carbocycles. The van der Waals surface area contributed by atoms with E-state index in [4.69, 9.17) is 71.1 Å². The molecule has 2 heterocycles. The maximum absolute atomic E-state index is 16.0. The Morgan fingerprint density at radius 1 is 0.432 bits per heavy atom. The van der Waals surface area contributed by atoms with Crippen molar-refractivity contribution in [1.29, 1.82) is 0 Å². The van der Waals surface area contributed by atoms with E-state index in [1.807, 2.05) is 86.6 Å². The molecule has 22 atom stereocenters. The highest BCUT2D eigenvalue weighted by atomic mass is 16.7. The van der Waals surface area contributed by atoms with Crippen molar-refractivity contribution in [2.45, 2.75) is 288 Å². The van der Waals surface area contributed by atoms with Gasteiger partial charge in [-0.1, -0.05) is 241 Å². The number of benzene rings is 6. The summed E-state index contributed by atoms with van der Waals surface area (Å²) in [7, 11) is 0. The van der Waals surface area contributed by atoms with Crippen molar-refractivity contribution in [3.05, 3.63) is 238 Å². The maximum atomic E-state index is 16.0. The van der Waals surface area contributed by atoms with Crippen LogP contribution in [0.25, 0.3) is 0 Å². The molecule has 29 nitrogen and oxygen atoms in total. The molecule has 0 aromatic heterocycles. The zero-order valence-electron chi connectivity index (χ0n) is 84.2. The first-order valence-electron chi connectivity index (χ1n) is 47.9. The molecule has 4 saturated carbocycles. The fourth-order valence-electron chi connectivity index (χ4n) is 21.7. The average molecular weight is 1930 g/mol. The van der Waals surface area contributed by atoms with Crippen LogP contribution in [-0.2, 0) is 126 Å². The Morgan fingerprint density at radius 2 is 0.748 bits per heavy atom. The molecule has 2 unspecified atom stereocenters. The van der Waals surface area contributed by atoms with E-state index in [2.05, 4.69) is 27.7 Å². The van der Waals surface area contributed by atoms with E-state index in [1.165, 1.54) is 27.7 Å². The predicted molar refractivity (Wildman–Crippen MR) is 512 cm³/mol. The van der Waals surface area contributed by atoms with Crippen LogP contribution >= 0.6 is 0 Å². The molecule has 29 heteroatoms. The number of ether oxygens (including phenoxy) is 15. The van der Waals surface area contributed by atoms with Gasteiger partial charge in [0.2, 0.25) is 0 Å². The van der Waals surface area contributed by atoms with E-state index in [0.29, 0.717) is 46.8 Å². The number of fused-ring (bicyclic) bond motifs is 6. The Hall–Kier alpha value is -10.9. The van der Waals surface area contributed by atoms with Gasteiger partial charge in [0.1, 0.15) is 92.3 Å². The highest BCUT2D eigenvalue weighted by Crippen LogP contribution is 2.66. The highest BCUT2D eigenvalue weighted by molar-refractivity contribution is 5.94. The summed E-state index contributed by atoms with van der Waals surface area (Å²) in [6.45, 7) is 37.7. The first-order chi connectivity index (χ1) is 65.4. The Labute approximate surface area is 816 Å². The molecule has 4 N–H and O–H groups in total. The van der Waals surface area contributed by atoms with Crippen LogP contribution in [0.2, 0.25) is 0 Å². The quantitative estimate of drug-likeness (QED) is 0.00977. The number of hydrogen-bond donors (Lipinski definition) is 4. The molecule has 6 aromatic rings. The van der Waals surface area contributed by atoms with Crippen molar-refractivity contribution in [2.24, 2.45) is 69.0 Å². The van der Waals surface area contributed by atoms with E-state index in [0.717, 1.165) is 23.1 Å². The molecule has 2 saturated heterocycles. The van der Waals surface area contributed by atoms with Crippen molar-refractivity contribution in [3.63, 3.8) is 0 Å². The van der Waals surface area contributed by atoms with Crippen LogP contribution in [0.5, 0.6) is 0 Å². The number of aliphatic hydroxyl groups excluding tert-OH is 1. The monoisotopic (exact) mass is 1930 g/mol. The molecular formula is C110H142O29. The van der Waals surface area contributed by atoms with Gasteiger partial charge in [0.15, 0.2) is 23.4 Å². The zero-order chi connectivity index (χ0) is 102. The Bertz CT molecular complexity index is 5250. The second kappa shape index (κ2) is 46.7. The molecule has 0 amide bonds. The molecule has 2 aliphatic heterocycles. The molecule has 756 valence electrons. The van der Waals surface area contributed by atoms with Crippen LogP contribution in [0.1, 0.15) is 221 Å². The van der Waals surface area contributed by atoms with Crippen molar-refractivity contribution >= 4 is 59.7 Å². The van der Waals surface area contributed by atoms with Crippen LogP contribution in [0.3, 0.4) is 0 Å². The third kappa shape index (κ3) is 24.5. The van der Waals surface area contributed by atoms with Gasteiger partial charge in [0, 0.05) is 49.4 Å². The van der Waals surface area contributed by atoms with Gasteiger partial charge in [-0.3, -0.25) is 19.2 Å². The lowest BCUT2D eigenvalue weighted by Crippen LogP contribution is -2.80. The molecule has 4 aliphatic carbocycles. The lowest BCUT2D eigenvalue weighted by Gasteiger charge is -2.66. The fraction of sp³-hybridized carbons (Fsp3) is 0.545. The van der Waals surface area contributed by atoms with Gasteiger partial charge in [-0.05, 0) is 161 Å². The van der Waals surface area contributed by atoms with E-state index >= 15 is 9.59 Å². The summed E-state index contributed by atoms with van der Waals surface area (Å²) in [5, 5.41) is 46.5. The minimum atomic E-state index is -2.10. The number of carbonyl (C=O) groups is 10. The SMILES string of the molecule is CC(=O)O[C@@]12CO[C@@H]1C[C@H](OC(=O)OCc1ccccc1)[C@@]1(C)C(=O)[C@H](C)/C(=C(\C)[C@H](C)O)C(C)(C)[C@](C)(O)[C@@H](OC(=O)c3ccccc3)[C@H]21.CC(=O)O[C@@]12CO[C@@H]1C[C@H](OC(=O)OCc1ccccc1)[C@@]1(C)C(=O)[C@H](C)/C(=C(\C)[C@H](C)OC(=O)C(OCOCc3ccccc3)[C@@H](C)CC(C)C)C(C)(C)[C@](C)(O)[C@@H](OC(=O)c3ccccc3)[C@H]21.CC(C)C[C@H](C)C(OCOCc1ccccc1)C(=O)O. The second-order valence-corrected chi connectivity index (χ2v) is 40.6. The predicted octanol–water partition coefficient (Wildman–Crippen LogP) is 17.8. The topological polar surface area (TPSA) is 390 Å². The van der Waals surface area contributed by atoms with Crippen LogP contribution in [-0.4, -0.2) is 190 Å². The molecule has 0 spiro atoms. The second-order valence-electron chi connectivity index (χ2n) is 40.6. The number of Topliss-reactive ketones (excluding diaryl/α,β-unsaturated/α-hetero) is 2. The standard InChI is InChI=1S/C55H70O14.C39H48O11.C16H24O4/c1-33(2)27-34(3)45(65-32-62-29-39-21-15-12-16-22-39)50(59)66-37(6)35(4)44-36(5)47(57)53(10)42(67-51(60)63-30-40-23-17-13-18-24-40)28-43-55(31-64-43,69-38(7)56)46(53)48(54(11,61)52(44,8)9)68-49(58)41-25-19-14-20-26-41;1-22(24(3)40)30-23(2)32(42)37(7)28(48-35(44)46-20-26-15-11-9-12-16-26)19-29-39(21-47-29,50-25(4)41)31(37)33(38(8,45)36(30,5)6)49-34(43)27-17-13-10-14-18-27;1-12(2)9-13(3)15(16(17)18)20-11-19-10-14-7-5-4-6-8-14/h12-26,33-34,36-37,42-43,45-46,48,61H,27-32H2,1-11H3;9-18,23-24,28-29,31,33,40,45H,19-21H2,1-8H3;4-8,12-13,15H,9-11H2,1-3H3,(H,17,18)/b44-35-;30-22-;/t34-,36+,37-,42-,43+,45?,46-,48-,53+,54+,55-;23-,24+,28+,29-,31+,33+,37-,38-,39+;13-,15?/m010/s1. The molecule has 0 radical (unpaired) electrons. The smallest absolute Gasteiger partial charge is 0.479 e. The number of carbonyl (C=O) groups excluding carboxylic acids is 9. The van der Waals surface area contributed by atoms with Crippen molar-refractivity contribution < 1.29 is 139 Å². The largest absolute Gasteiger partial charge is 0.508 e. The maximum Gasteiger partial charge on any atom is 0.508 e. The molecule has 12 rings (SSSR count). The Kier molecular flexibility index (Phi) is 37.0. The van der Waals surface area contributed by atoms with Crippen LogP contribution in [0, 0.1) is 69.0 Å². The van der Waals surface area contributed by atoms with E-state index in [9.17, 15) is 58.8 Å². The summed E-state index contributed by atoms with van der Waals surface area (Å²) in [6.07, 6.45) is -12.1. The summed E-state index contributed by atoms with van der Waals surface area (Å²) < 4.78 is 89.4. The first-order valence-corrected chi connectivity index (χ1v) is 47.9. The normalized spacial score (nSPS) is 29.1. The number of esters is 5. The van der Waals surface area contributed by atoms with Gasteiger partial charge in [0.05, 0.1) is 66.3 Å². The molecule has 6 aliphatic rings. The zero-order valence-corrected chi connectivity index (χ0v) is 84.2. The number of carboxylic acids is 1. The number of aliphatic hydroxyl groups is 3. The van der Waals surface area contributed by atoms with E-state index < -0.39 is 188 Å². The summed E-state index contributed by atoms with van der Waals surface area (Å²) in [5.74, 6) is -9.66. The van der Waals surface area contributed by atoms with Gasteiger partial charge < -0.3 is 91.5 Å². The number of ketones is 2. The van der Waals surface area contributed by atoms with E-state index in [-0.39, 0.29) is 88.3 Å². The summed E-state index contributed by atoms with van der Waals surface area (Å²) in [6, 6.07) is 53.7. The third-order valence-electron chi connectivity index (χ3n) is 29.4. The van der Waals surface area contributed by atoms with Crippen molar-refractivity contribution in [3.8, 4) is 0 Å². The molecule has 0 bridgehead atoms. The van der Waals surface area contributed by atoms with Gasteiger partial charge in [-0.25, -0.2) is 28.8 Å². The molecule has 6 fully saturated rings. The number of rotatable bonds is 33. The van der Waals surface area contributed by atoms with E-state index in [1.54, 1.807) is 192 Å². The van der Waals surface area contributed by atoms with Crippen molar-refractivity contribution in [2.75, 3.05) is 26.8 Å². The highest BCUT2D eigenvalue weighted by Gasteiger charge is 2.79. The Balaban J connectivity index is 0.000000246. The Morgan fingerprint density at radius 3 is 1.06 bits per heavy atom. The van der Waals surface area contributed by atoms with Crippen LogP contribution in [0.15, 0.2) is 204 Å². The van der Waals surface area contributed by atoms with Crippen molar-refractivity contribution in [1.82, 2.24) is 0 Å². The van der Waals surface area contributed by atoms with Gasteiger partial charge in [-0.2, -0.15) is 0 Å². The first kappa shape index (κ1) is 110. The summed E-state index contributed by atoms with van der Waals surface area (Å²) in [5.41, 5.74) is -8.13. The molecule has 139 heavy (non-hydrogen) atoms. The number of carboxylic acid groups (broad SMARTS) is 1. The lowest BCUT2D eigenvalue weighted by molar-refractivity contribution is -0.342. The lowest BCUT2D eigenvalue weighted by atomic mass is 9.45. The summed E-state index contributed by atoms with van der Waals surface area (Å²) in [4.78, 5) is 138. The summed E-state index contributed by atoms with van der Waals surface area (Å²) >= 11 is 0. The van der Waals surface area contributed by atoms with Crippen LogP contribution in [0.4, 0.5) is 9.59 Å². The minimum Gasteiger partial charge on any atom is -0.479 e. The average Bonchev–Trinajstić information content (AvgIpc) is 0.677. The van der Waals surface area contributed by atoms with Gasteiger partial charge in [-0.15, -0.1) is 0 Å². The fourth-order valence-corrected chi connectivity index (χ4v) is 21.7. The molecular weight excluding hydrogens is 1790 g/mol. The van der Waals surface area contributed by atoms with Gasteiger partial charge in [0.25, 0.3) is 0 Å². The van der Waals surface area contributed by atoms with Crippen LogP contribution < -0.4 is 0 Å².